The number of quaternary nitrogens is 1. The van der Waals surface area contributed by atoms with E-state index in [1.165, 1.54) is 71.3 Å². The molecule has 3 aliphatic heterocycles. The van der Waals surface area contributed by atoms with E-state index in [1.807, 2.05) is 95.5 Å². The first-order chi connectivity index (χ1) is 64.5. The number of urea groups is 1. The van der Waals surface area contributed by atoms with Gasteiger partial charge in [0.25, 0.3) is 5.91 Å². The Labute approximate surface area is 795 Å². The minimum absolute atomic E-state index is 0.0220. The molecular formula is C99H146N9O28+. The van der Waals surface area contributed by atoms with E-state index in [9.17, 15) is 63.3 Å². The first-order valence-electron chi connectivity index (χ1n) is 46.8. The SMILES string of the molecule is CCCOCCOCCOCCOCCOCCOCCOCCNC(=O)CCN1C(=O)CC(C(C)(C)C)C1=O.COCCC(=O)N[C@H](C(=O)C[C@@H](CCCNC(N)=O)C(=O)Nc1ccc(C[N+](C)(C)CCOc2cc(=O)c3nc4c(oc3c2)c2c(=O)c3c(O)c(C)c5c(c34)=C(O)[C@@](C)(O/C=C/[C@H](OC)[C@@H](C)[C@@H](OC(C)=O)[C@H](C)[C@H](C)[C@H](C)[C@@H](O)[C@@H](C)/C=C/C=C(/C)C(=O)N2)O5)cc1)C(C)C. The fraction of sp³-hybridized carbons (Fsp3) is 0.616. The van der Waals surface area contributed by atoms with Crippen LogP contribution in [0.25, 0.3) is 38.7 Å². The number of ether oxygens (including phenoxy) is 13. The number of Topliss-reactive ketones (excluding diaryl/α,β-unsaturated/α-hetero) is 1. The number of carbonyl (C=O) groups is 9. The van der Waals surface area contributed by atoms with E-state index in [1.54, 1.807) is 30.4 Å². The number of hydrogen-bond donors (Lipinski definition) is 9. The highest BCUT2D eigenvalue weighted by Gasteiger charge is 2.47. The summed E-state index contributed by atoms with van der Waals surface area (Å²) in [5, 5.41) is 49.0. The molecule has 136 heavy (non-hydrogen) atoms. The number of nitrogens with one attached hydrogen (secondary N) is 5. The summed E-state index contributed by atoms with van der Waals surface area (Å²) in [5.74, 6) is -9.16. The Kier molecular flexibility index (Phi) is 45.1. The number of allylic oxidation sites excluding steroid dienone is 2. The van der Waals surface area contributed by atoms with Crippen LogP contribution in [0.2, 0.25) is 0 Å². The summed E-state index contributed by atoms with van der Waals surface area (Å²) in [4.78, 5) is 150. The average Bonchev–Trinajstić information content (AvgIpc) is 1.54. The van der Waals surface area contributed by atoms with Crippen molar-refractivity contribution in [1.29, 1.82) is 0 Å². The first kappa shape index (κ1) is 112. The van der Waals surface area contributed by atoms with Gasteiger partial charge in [-0.25, -0.2) is 9.78 Å². The molecule has 37 nitrogen and oxygen atoms in total. The molecule has 0 radical (unpaired) electrons. The Morgan fingerprint density at radius 1 is 0.743 bits per heavy atom. The number of likely N-dealkylation sites (tertiary alicyclic amines) is 1. The molecule has 1 fully saturated rings. The third-order valence-electron chi connectivity index (χ3n) is 24.5. The predicted molar refractivity (Wildman–Crippen MR) is 511 cm³/mol. The van der Waals surface area contributed by atoms with Crippen molar-refractivity contribution in [3.63, 3.8) is 0 Å². The third-order valence-corrected chi connectivity index (χ3v) is 24.5. The smallest absolute Gasteiger partial charge is 0.312 e. The van der Waals surface area contributed by atoms with Crippen molar-refractivity contribution in [2.45, 2.75) is 185 Å². The molecular weight excluding hydrogens is 1760 g/mol. The number of primary amides is 1. The molecule has 5 bridgehead atoms. The average molecular weight is 1910 g/mol. The summed E-state index contributed by atoms with van der Waals surface area (Å²) >= 11 is 0. The molecule has 37 heteroatoms. The lowest BCUT2D eigenvalue weighted by atomic mass is 9.73. The van der Waals surface area contributed by atoms with Crippen LogP contribution in [0.5, 0.6) is 17.2 Å². The van der Waals surface area contributed by atoms with Crippen molar-refractivity contribution in [1.82, 2.24) is 25.8 Å². The van der Waals surface area contributed by atoms with E-state index in [0.717, 1.165) is 18.6 Å². The van der Waals surface area contributed by atoms with Gasteiger partial charge < -0.3 is 118 Å². The number of esters is 1. The molecule has 0 spiro atoms. The molecule has 8 rings (SSSR count). The zero-order valence-corrected chi connectivity index (χ0v) is 82.5. The highest BCUT2D eigenvalue weighted by Crippen LogP contribution is 2.44. The van der Waals surface area contributed by atoms with Crippen LogP contribution >= 0.6 is 0 Å². The van der Waals surface area contributed by atoms with E-state index in [-0.39, 0.29) is 184 Å². The third kappa shape index (κ3) is 33.1. The van der Waals surface area contributed by atoms with Crippen molar-refractivity contribution >= 4 is 103 Å². The number of benzene rings is 4. The normalized spacial score (nSPS) is 21.4. The predicted octanol–water partition coefficient (Wildman–Crippen LogP) is 9.07. The second-order valence-electron chi connectivity index (χ2n) is 37.0. The summed E-state index contributed by atoms with van der Waals surface area (Å²) in [6.07, 6.45) is 7.23. The lowest BCUT2D eigenvalue weighted by Crippen LogP contribution is -2.45. The van der Waals surface area contributed by atoms with E-state index in [4.69, 9.17) is 76.7 Å². The zero-order valence-electron chi connectivity index (χ0n) is 82.5. The molecule has 0 aliphatic carbocycles. The molecule has 1 unspecified atom stereocenters. The molecule has 754 valence electrons. The van der Waals surface area contributed by atoms with Gasteiger partial charge in [0.15, 0.2) is 28.2 Å². The van der Waals surface area contributed by atoms with Crippen molar-refractivity contribution in [3.05, 3.63) is 109 Å². The van der Waals surface area contributed by atoms with Crippen LogP contribution in [0, 0.1) is 59.7 Å². The fourth-order valence-electron chi connectivity index (χ4n) is 16.1. The van der Waals surface area contributed by atoms with Gasteiger partial charge in [0.2, 0.25) is 40.4 Å². The number of rotatable bonds is 48. The minimum atomic E-state index is -2.02. The number of carbonyl (C=O) groups excluding carboxylic acids is 9. The van der Waals surface area contributed by atoms with E-state index >= 15 is 4.79 Å². The Morgan fingerprint density at radius 3 is 1.92 bits per heavy atom. The number of nitrogens with two attached hydrogens (primary N) is 1. The number of amides is 8. The molecule has 1 aromatic heterocycles. The summed E-state index contributed by atoms with van der Waals surface area (Å²) in [6, 6.07) is 8.34. The highest BCUT2D eigenvalue weighted by molar-refractivity contribution is 6.17. The molecule has 8 amide bonds. The fourth-order valence-corrected chi connectivity index (χ4v) is 16.1. The van der Waals surface area contributed by atoms with Crippen LogP contribution in [0.1, 0.15) is 153 Å². The summed E-state index contributed by atoms with van der Waals surface area (Å²) in [5.41, 5.74) is 3.58. The second kappa shape index (κ2) is 54.5. The number of phenols is 1. The number of aliphatic hydroxyl groups is 2. The Bertz CT molecular complexity index is 5130. The summed E-state index contributed by atoms with van der Waals surface area (Å²) < 4.78 is 80.4. The van der Waals surface area contributed by atoms with Gasteiger partial charge in [0.05, 0.1) is 148 Å². The van der Waals surface area contributed by atoms with Gasteiger partial charge in [-0.3, -0.25) is 52.8 Å². The molecule has 10 N–H and O–H groups in total. The zero-order chi connectivity index (χ0) is 100. The number of anilines is 2. The minimum Gasteiger partial charge on any atom is -0.507 e. The maximum atomic E-state index is 15.1. The molecule has 1 saturated heterocycles. The van der Waals surface area contributed by atoms with Crippen molar-refractivity contribution < 1.29 is 129 Å². The van der Waals surface area contributed by atoms with Gasteiger partial charge in [-0.05, 0) is 80.4 Å². The molecule has 5 aromatic rings. The van der Waals surface area contributed by atoms with E-state index in [2.05, 4.69) is 33.5 Å². The largest absolute Gasteiger partial charge is 0.507 e. The molecule has 12 atom stereocenters. The van der Waals surface area contributed by atoms with Gasteiger partial charge in [-0.1, -0.05) is 107 Å². The Hall–Kier alpha value is -10.6. The number of likely N-dealkylation sites (N-methyl/N-ethyl adjacent to an activating group) is 1. The van der Waals surface area contributed by atoms with Crippen LogP contribution in [0.3, 0.4) is 0 Å². The van der Waals surface area contributed by atoms with Gasteiger partial charge in [0.1, 0.15) is 54.3 Å². The topological polar surface area (TPSA) is 484 Å². The number of imide groups is 1. The van der Waals surface area contributed by atoms with Crippen molar-refractivity contribution in [2.75, 3.05) is 171 Å². The molecule has 4 heterocycles. The number of ketones is 1. The Balaban J connectivity index is 0.000000527. The van der Waals surface area contributed by atoms with Crippen LogP contribution in [-0.2, 0) is 97.0 Å². The second-order valence-corrected chi connectivity index (χ2v) is 37.0. The standard InChI is InChI=1S/C71H93N7O18.C28H52N2O10/c1-36(2)57(75-53(82)26-29-90-14)49(80)32-46(20-17-27-73-70(72)89)69(88)74-47-23-21-45(22-24-47)35-78(12,13)28-31-92-48-33-50(81)58-52(34-48)95-66-59(76-58)54-55-62(84)43(9)65-56(54)67(86)71(11,96-65)93-30-25-51(91-15)42(8)64(94-44(10)79)41(7)39(5)40(6)61(83)37(3)18-16-19-38(4)68(87)77-60(66)63(55)85;1-5-9-34-11-13-36-15-17-38-19-21-40-22-20-39-18-16-37-14-12-35-10-7-29-25(31)6-8-30-26(32)23-24(27(30)33)28(2,3)4/h16,18-19,21-25,30,33-34,36-37,39-42,46,51,57,61,64,83H,17,20,26-29,31-32,35H2,1-15H3,(H7-,72,73,74,75,76,77,81,82,84,85,86,87,88,89);24H,5-23H2,1-4H3,(H,29,31)/p+1/b18-16+,30-25+,38-19-;/t37-,39+,40-,41+,42+,46+,51-,57-,61-,64-,71-;/m0./s1. The molecule has 3 aliphatic rings. The number of fused-ring (bicyclic) bond motifs is 5. The van der Waals surface area contributed by atoms with Crippen LogP contribution in [-0.4, -0.2) is 273 Å². The van der Waals surface area contributed by atoms with Gasteiger partial charge >= 0.3 is 17.8 Å². The first-order valence-corrected chi connectivity index (χ1v) is 46.8. The van der Waals surface area contributed by atoms with Crippen LogP contribution in [0.4, 0.5) is 16.2 Å². The summed E-state index contributed by atoms with van der Waals surface area (Å²) in [7, 11) is 6.92. The van der Waals surface area contributed by atoms with Crippen LogP contribution in [0.15, 0.2) is 86.5 Å². The maximum Gasteiger partial charge on any atom is 0.312 e. The molecule has 0 saturated carbocycles. The lowest BCUT2D eigenvalue weighted by molar-refractivity contribution is -0.903. The summed E-state index contributed by atoms with van der Waals surface area (Å²) in [6.45, 7) is 35.8. The number of aliphatic hydroxyl groups excluding tert-OH is 2. The number of aromatic hydroxyl groups is 1. The van der Waals surface area contributed by atoms with Crippen molar-refractivity contribution in [2.24, 2.45) is 58.5 Å². The van der Waals surface area contributed by atoms with Gasteiger partial charge in [-0.15, -0.1) is 0 Å². The number of nitrogens with zero attached hydrogens (tertiary/aromatic N) is 3. The highest BCUT2D eigenvalue weighted by atomic mass is 16.7. The number of methoxy groups -OCH3 is 2. The number of phenolic OH excluding ortho intramolecular Hbond substituents is 1. The van der Waals surface area contributed by atoms with Crippen molar-refractivity contribution in [3.8, 4) is 17.2 Å². The van der Waals surface area contributed by atoms with Gasteiger partial charge in [-0.2, -0.15) is 0 Å². The Morgan fingerprint density at radius 2 is 1.35 bits per heavy atom. The van der Waals surface area contributed by atoms with E-state index in [0.29, 0.717) is 122 Å². The van der Waals surface area contributed by atoms with Gasteiger partial charge in [0, 0.05) is 138 Å². The number of hydrogen-bond acceptors (Lipinski definition) is 29. The number of aromatic nitrogens is 1. The molecule has 4 aromatic carbocycles. The maximum absolute atomic E-state index is 15.1. The van der Waals surface area contributed by atoms with Crippen LogP contribution < -0.4 is 57.9 Å². The monoisotopic (exact) mass is 1910 g/mol. The van der Waals surface area contributed by atoms with E-state index < -0.39 is 99.8 Å². The lowest BCUT2D eigenvalue weighted by Gasteiger charge is -2.39. The quantitative estimate of drug-likeness (QED) is 0.00437.